The number of hydrogen-bond donors (Lipinski definition) is 1. The Morgan fingerprint density at radius 1 is 1.24 bits per heavy atom. The van der Waals surface area contributed by atoms with Crippen molar-refractivity contribution in [1.29, 1.82) is 0 Å². The zero-order valence-corrected chi connectivity index (χ0v) is 11.9. The zero-order chi connectivity index (χ0) is 13.3. The van der Waals surface area contributed by atoms with Crippen LogP contribution in [0.25, 0.3) is 0 Å². The summed E-state index contributed by atoms with van der Waals surface area (Å²) in [6.07, 6.45) is 4.66. The monoisotopic (exact) mass is 240 g/mol. The minimum Gasteiger partial charge on any atom is -0.348 e. The highest BCUT2D eigenvalue weighted by molar-refractivity contribution is 5.87. The number of nitrogens with zero attached hydrogens (tertiary/aromatic N) is 1. The van der Waals surface area contributed by atoms with Gasteiger partial charge in [0.05, 0.1) is 0 Å². The summed E-state index contributed by atoms with van der Waals surface area (Å²) in [6.45, 7) is 15.3. The van der Waals surface area contributed by atoms with E-state index in [2.05, 4.69) is 44.5 Å². The Kier molecular flexibility index (Phi) is 7.88. The van der Waals surface area contributed by atoms with Crippen LogP contribution in [-0.2, 0) is 4.79 Å². The molecule has 0 saturated heterocycles. The molecule has 0 fully saturated rings. The molecule has 0 aliphatic carbocycles. The second-order valence-corrected chi connectivity index (χ2v) is 5.17. The topological polar surface area (TPSA) is 32.3 Å². The lowest BCUT2D eigenvalue weighted by molar-refractivity contribution is -0.118. The van der Waals surface area contributed by atoms with E-state index < -0.39 is 0 Å². The minimum absolute atomic E-state index is 0.0902. The fraction of sp³-hybridized carbons (Fsp3) is 0.786. The molecule has 0 aliphatic rings. The molecule has 0 bridgehead atoms. The van der Waals surface area contributed by atoms with E-state index in [-0.39, 0.29) is 11.4 Å². The van der Waals surface area contributed by atoms with Crippen LogP contribution in [-0.4, -0.2) is 36.0 Å². The number of hydrogen-bond acceptors (Lipinski definition) is 2. The lowest BCUT2D eigenvalue weighted by atomic mass is 10.00. The molecular weight excluding hydrogens is 212 g/mol. The minimum atomic E-state index is -0.162. The zero-order valence-electron chi connectivity index (χ0n) is 11.9. The SMILES string of the molecule is C=CC(=O)NC(C)(C)CCN(CCC)CCC. The Hall–Kier alpha value is -0.830. The second kappa shape index (κ2) is 8.29. The van der Waals surface area contributed by atoms with Crippen molar-refractivity contribution in [3.05, 3.63) is 12.7 Å². The van der Waals surface area contributed by atoms with Gasteiger partial charge in [-0.2, -0.15) is 0 Å². The van der Waals surface area contributed by atoms with Gasteiger partial charge in [-0.25, -0.2) is 0 Å². The van der Waals surface area contributed by atoms with Crippen LogP contribution in [0.2, 0.25) is 0 Å². The average Bonchev–Trinajstić information content (AvgIpc) is 2.26. The maximum Gasteiger partial charge on any atom is 0.243 e. The van der Waals surface area contributed by atoms with Crippen molar-refractivity contribution in [2.24, 2.45) is 0 Å². The molecule has 3 nitrogen and oxygen atoms in total. The van der Waals surface area contributed by atoms with Gasteiger partial charge in [0.1, 0.15) is 0 Å². The van der Waals surface area contributed by atoms with Crippen LogP contribution >= 0.6 is 0 Å². The van der Waals surface area contributed by atoms with E-state index >= 15 is 0 Å². The number of nitrogens with one attached hydrogen (secondary N) is 1. The number of carbonyl (C=O) groups excluding carboxylic acids is 1. The smallest absolute Gasteiger partial charge is 0.243 e. The molecule has 0 unspecified atom stereocenters. The van der Waals surface area contributed by atoms with Gasteiger partial charge in [0.15, 0.2) is 0 Å². The molecule has 0 atom stereocenters. The number of carbonyl (C=O) groups is 1. The number of rotatable bonds is 9. The van der Waals surface area contributed by atoms with Gasteiger partial charge in [-0.15, -0.1) is 0 Å². The summed E-state index contributed by atoms with van der Waals surface area (Å²) in [7, 11) is 0. The molecule has 0 aromatic heterocycles. The van der Waals surface area contributed by atoms with Crippen molar-refractivity contribution in [1.82, 2.24) is 10.2 Å². The fourth-order valence-electron chi connectivity index (χ4n) is 1.85. The van der Waals surface area contributed by atoms with Gasteiger partial charge in [-0.3, -0.25) is 4.79 Å². The maximum atomic E-state index is 11.3. The van der Waals surface area contributed by atoms with Crippen LogP contribution in [0.1, 0.15) is 47.0 Å². The van der Waals surface area contributed by atoms with Crippen LogP contribution in [0, 0.1) is 0 Å². The van der Waals surface area contributed by atoms with Gasteiger partial charge in [0.2, 0.25) is 5.91 Å². The molecule has 0 heterocycles. The standard InChI is InChI=1S/C14H28N2O/c1-6-10-16(11-7-2)12-9-14(4,5)15-13(17)8-3/h8H,3,6-7,9-12H2,1-2,4-5H3,(H,15,17). The Morgan fingerprint density at radius 3 is 2.18 bits per heavy atom. The van der Waals surface area contributed by atoms with Crippen LogP contribution in [0.15, 0.2) is 12.7 Å². The van der Waals surface area contributed by atoms with Crippen LogP contribution in [0.3, 0.4) is 0 Å². The largest absolute Gasteiger partial charge is 0.348 e. The summed E-state index contributed by atoms with van der Waals surface area (Å²) in [5, 5.41) is 2.96. The van der Waals surface area contributed by atoms with E-state index in [0.29, 0.717) is 0 Å². The Morgan fingerprint density at radius 2 is 1.76 bits per heavy atom. The number of amides is 1. The van der Waals surface area contributed by atoms with E-state index in [4.69, 9.17) is 0 Å². The molecule has 0 saturated carbocycles. The predicted octanol–water partition coefficient (Wildman–Crippen LogP) is 2.58. The summed E-state index contributed by atoms with van der Waals surface area (Å²) in [6, 6.07) is 0. The summed E-state index contributed by atoms with van der Waals surface area (Å²) in [5.41, 5.74) is -0.162. The van der Waals surface area contributed by atoms with E-state index in [1.807, 2.05) is 0 Å². The van der Waals surface area contributed by atoms with Crippen molar-refractivity contribution < 1.29 is 4.79 Å². The quantitative estimate of drug-likeness (QED) is 0.628. The maximum absolute atomic E-state index is 11.3. The molecule has 0 aromatic rings. The lowest BCUT2D eigenvalue weighted by Gasteiger charge is -2.29. The van der Waals surface area contributed by atoms with E-state index in [1.165, 1.54) is 18.9 Å². The van der Waals surface area contributed by atoms with Crippen molar-refractivity contribution in [2.75, 3.05) is 19.6 Å². The Labute approximate surface area is 106 Å². The normalized spacial score (nSPS) is 11.6. The Balaban J connectivity index is 4.11. The summed E-state index contributed by atoms with van der Waals surface area (Å²) < 4.78 is 0. The van der Waals surface area contributed by atoms with Crippen LogP contribution in [0.5, 0.6) is 0 Å². The van der Waals surface area contributed by atoms with Crippen LogP contribution < -0.4 is 5.32 Å². The molecule has 100 valence electrons. The molecule has 0 rings (SSSR count). The highest BCUT2D eigenvalue weighted by Crippen LogP contribution is 2.10. The van der Waals surface area contributed by atoms with Gasteiger partial charge in [-0.05, 0) is 52.3 Å². The lowest BCUT2D eigenvalue weighted by Crippen LogP contribution is -2.45. The molecule has 0 aliphatic heterocycles. The predicted molar refractivity (Wildman–Crippen MR) is 74.1 cm³/mol. The molecule has 3 heteroatoms. The van der Waals surface area contributed by atoms with Crippen molar-refractivity contribution >= 4 is 5.91 Å². The summed E-state index contributed by atoms with van der Waals surface area (Å²) >= 11 is 0. The molecular formula is C14H28N2O. The molecule has 1 N–H and O–H groups in total. The third kappa shape index (κ3) is 7.97. The molecule has 0 spiro atoms. The van der Waals surface area contributed by atoms with Gasteiger partial charge in [-0.1, -0.05) is 20.4 Å². The van der Waals surface area contributed by atoms with Gasteiger partial charge in [0.25, 0.3) is 0 Å². The second-order valence-electron chi connectivity index (χ2n) is 5.17. The highest BCUT2D eigenvalue weighted by atomic mass is 16.1. The first-order valence-electron chi connectivity index (χ1n) is 6.62. The summed E-state index contributed by atoms with van der Waals surface area (Å²) in [5.74, 6) is -0.0902. The fourth-order valence-corrected chi connectivity index (χ4v) is 1.85. The summed E-state index contributed by atoms with van der Waals surface area (Å²) in [4.78, 5) is 13.7. The first-order chi connectivity index (χ1) is 7.95. The van der Waals surface area contributed by atoms with Gasteiger partial charge < -0.3 is 10.2 Å². The van der Waals surface area contributed by atoms with Crippen LogP contribution in [0.4, 0.5) is 0 Å². The van der Waals surface area contributed by atoms with Crippen molar-refractivity contribution in [2.45, 2.75) is 52.5 Å². The third-order valence-corrected chi connectivity index (χ3v) is 2.78. The highest BCUT2D eigenvalue weighted by Gasteiger charge is 2.19. The average molecular weight is 240 g/mol. The van der Waals surface area contributed by atoms with E-state index in [9.17, 15) is 4.79 Å². The molecule has 0 aromatic carbocycles. The molecule has 1 amide bonds. The third-order valence-electron chi connectivity index (χ3n) is 2.78. The molecule has 17 heavy (non-hydrogen) atoms. The first kappa shape index (κ1) is 16.2. The molecule has 0 radical (unpaired) electrons. The van der Waals surface area contributed by atoms with Gasteiger partial charge >= 0.3 is 0 Å². The van der Waals surface area contributed by atoms with Gasteiger partial charge in [0, 0.05) is 12.1 Å². The first-order valence-corrected chi connectivity index (χ1v) is 6.62. The van der Waals surface area contributed by atoms with E-state index in [1.54, 1.807) is 0 Å². The van der Waals surface area contributed by atoms with Crippen molar-refractivity contribution in [3.8, 4) is 0 Å². The Bertz CT molecular complexity index is 230. The van der Waals surface area contributed by atoms with E-state index in [0.717, 1.165) is 26.1 Å². The van der Waals surface area contributed by atoms with Crippen molar-refractivity contribution in [3.63, 3.8) is 0 Å².